The predicted molar refractivity (Wildman–Crippen MR) is 59.2 cm³/mol. The number of hydrogen-bond acceptors (Lipinski definition) is 5. The van der Waals surface area contributed by atoms with Crippen molar-refractivity contribution in [3.8, 4) is 0 Å². The Kier molecular flexibility index (Phi) is 3.45. The molecule has 0 atom stereocenters. The third-order valence-electron chi connectivity index (χ3n) is 2.01. The summed E-state index contributed by atoms with van der Waals surface area (Å²) < 4.78 is 6.36. The number of rotatable bonds is 5. The topological polar surface area (TPSA) is 76.7 Å². The molecule has 0 spiro atoms. The van der Waals surface area contributed by atoms with Gasteiger partial charge in [-0.3, -0.25) is 4.57 Å². The lowest BCUT2D eigenvalue weighted by Crippen LogP contribution is -2.17. The zero-order valence-electron chi connectivity index (χ0n) is 8.84. The summed E-state index contributed by atoms with van der Waals surface area (Å²) in [6.07, 6.45) is 2.43. The van der Waals surface area contributed by atoms with Gasteiger partial charge in [0.15, 0.2) is 5.16 Å². The molecule has 2 aromatic heterocycles. The minimum atomic E-state index is -0.162. The first-order chi connectivity index (χ1) is 7.81. The minimum absolute atomic E-state index is 0.162. The summed E-state index contributed by atoms with van der Waals surface area (Å²) in [5.41, 5.74) is 0.674. The fourth-order valence-corrected chi connectivity index (χ4v) is 2.15. The molecule has 86 valence electrons. The van der Waals surface area contributed by atoms with Crippen LogP contribution in [0.2, 0.25) is 0 Å². The lowest BCUT2D eigenvalue weighted by Gasteiger charge is -2.01. The van der Waals surface area contributed by atoms with Gasteiger partial charge in [0.1, 0.15) is 6.26 Å². The van der Waals surface area contributed by atoms with Crippen molar-refractivity contribution in [3.63, 3.8) is 0 Å². The minimum Gasteiger partial charge on any atom is -0.364 e. The monoisotopic (exact) mass is 240 g/mol. The zero-order valence-corrected chi connectivity index (χ0v) is 9.66. The van der Waals surface area contributed by atoms with Crippen LogP contribution in [0.4, 0.5) is 0 Å². The van der Waals surface area contributed by atoms with Crippen molar-refractivity contribution in [1.82, 2.24) is 19.9 Å². The van der Waals surface area contributed by atoms with Gasteiger partial charge in [-0.05, 0) is 6.42 Å². The van der Waals surface area contributed by atoms with Gasteiger partial charge >= 0.3 is 5.69 Å². The van der Waals surface area contributed by atoms with Crippen molar-refractivity contribution in [1.29, 1.82) is 0 Å². The molecule has 2 heterocycles. The lowest BCUT2D eigenvalue weighted by atomic mass is 10.5. The summed E-state index contributed by atoms with van der Waals surface area (Å²) >= 11 is 1.46. The highest BCUT2D eigenvalue weighted by Gasteiger charge is 2.08. The van der Waals surface area contributed by atoms with Gasteiger partial charge < -0.3 is 4.52 Å². The first-order valence-electron chi connectivity index (χ1n) is 4.98. The summed E-state index contributed by atoms with van der Waals surface area (Å²) in [7, 11) is 0. The largest absolute Gasteiger partial charge is 0.364 e. The molecule has 0 amide bonds. The Labute approximate surface area is 96.0 Å². The Morgan fingerprint density at radius 1 is 1.62 bits per heavy atom. The molecule has 0 saturated heterocycles. The van der Waals surface area contributed by atoms with Gasteiger partial charge in [-0.15, -0.1) is 5.10 Å². The van der Waals surface area contributed by atoms with Crippen LogP contribution < -0.4 is 5.69 Å². The molecular formula is C9H12N4O2S. The molecule has 7 heteroatoms. The molecule has 1 N–H and O–H groups in total. The normalized spacial score (nSPS) is 10.8. The average Bonchev–Trinajstić information content (AvgIpc) is 2.89. The molecule has 2 rings (SSSR count). The molecule has 0 radical (unpaired) electrons. The molecule has 0 unspecified atom stereocenters. The molecule has 0 aliphatic carbocycles. The summed E-state index contributed by atoms with van der Waals surface area (Å²) in [5.74, 6) is 0.643. The van der Waals surface area contributed by atoms with E-state index in [4.69, 9.17) is 4.52 Å². The molecule has 0 saturated carbocycles. The van der Waals surface area contributed by atoms with E-state index in [1.807, 2.05) is 6.92 Å². The Balaban J connectivity index is 2.06. The zero-order chi connectivity index (χ0) is 11.4. The Morgan fingerprint density at radius 2 is 2.50 bits per heavy atom. The second kappa shape index (κ2) is 5.02. The van der Waals surface area contributed by atoms with Crippen LogP contribution in [0.25, 0.3) is 0 Å². The Bertz CT molecular complexity index is 488. The van der Waals surface area contributed by atoms with Gasteiger partial charge in [-0.1, -0.05) is 23.8 Å². The van der Waals surface area contributed by atoms with Crippen LogP contribution in [0.15, 0.2) is 26.8 Å². The van der Waals surface area contributed by atoms with Gasteiger partial charge in [0.05, 0.1) is 5.69 Å². The van der Waals surface area contributed by atoms with Crippen LogP contribution in [0.1, 0.15) is 19.0 Å². The van der Waals surface area contributed by atoms with E-state index in [-0.39, 0.29) is 5.69 Å². The number of aromatic nitrogens is 4. The van der Waals surface area contributed by atoms with E-state index in [0.29, 0.717) is 17.5 Å². The van der Waals surface area contributed by atoms with Crippen molar-refractivity contribution in [2.75, 3.05) is 0 Å². The molecule has 6 nitrogen and oxygen atoms in total. The molecule has 0 aliphatic heterocycles. The maximum absolute atomic E-state index is 11.4. The van der Waals surface area contributed by atoms with Crippen LogP contribution in [-0.2, 0) is 12.3 Å². The van der Waals surface area contributed by atoms with Gasteiger partial charge in [-0.2, -0.15) is 0 Å². The number of hydrogen-bond donors (Lipinski definition) is 1. The molecule has 0 bridgehead atoms. The van der Waals surface area contributed by atoms with E-state index < -0.39 is 0 Å². The summed E-state index contributed by atoms with van der Waals surface area (Å²) in [6, 6.07) is 1.79. The van der Waals surface area contributed by atoms with Crippen LogP contribution in [0.5, 0.6) is 0 Å². The molecule has 0 aromatic carbocycles. The van der Waals surface area contributed by atoms with Crippen molar-refractivity contribution in [2.45, 2.75) is 30.8 Å². The van der Waals surface area contributed by atoms with Gasteiger partial charge in [0, 0.05) is 18.4 Å². The summed E-state index contributed by atoms with van der Waals surface area (Å²) in [6.45, 7) is 2.70. The second-order valence-corrected chi connectivity index (χ2v) is 4.18. The van der Waals surface area contributed by atoms with Crippen LogP contribution in [0.3, 0.4) is 0 Å². The fourth-order valence-electron chi connectivity index (χ4n) is 1.28. The summed E-state index contributed by atoms with van der Waals surface area (Å²) in [5, 5.41) is 10.9. The maximum Gasteiger partial charge on any atom is 0.343 e. The second-order valence-electron chi connectivity index (χ2n) is 3.24. The third-order valence-corrected chi connectivity index (χ3v) is 3.02. The maximum atomic E-state index is 11.4. The van der Waals surface area contributed by atoms with Crippen LogP contribution in [0, 0.1) is 0 Å². The number of nitrogens with zero attached hydrogens (tertiary/aromatic N) is 3. The van der Waals surface area contributed by atoms with Crippen LogP contribution in [-0.4, -0.2) is 19.9 Å². The van der Waals surface area contributed by atoms with Crippen molar-refractivity contribution in [3.05, 3.63) is 28.5 Å². The Hall–Kier alpha value is -1.50. The first-order valence-corrected chi connectivity index (χ1v) is 5.97. The molecule has 0 aliphatic rings. The van der Waals surface area contributed by atoms with Gasteiger partial charge in [-0.25, -0.2) is 9.89 Å². The van der Waals surface area contributed by atoms with Crippen molar-refractivity contribution in [2.24, 2.45) is 0 Å². The molecule has 2 aromatic rings. The summed E-state index contributed by atoms with van der Waals surface area (Å²) in [4.78, 5) is 11.4. The third kappa shape index (κ3) is 2.35. The lowest BCUT2D eigenvalue weighted by molar-refractivity contribution is 0.414. The average molecular weight is 240 g/mol. The van der Waals surface area contributed by atoms with E-state index in [2.05, 4.69) is 15.4 Å². The Morgan fingerprint density at radius 3 is 3.19 bits per heavy atom. The highest BCUT2D eigenvalue weighted by atomic mass is 32.2. The van der Waals surface area contributed by atoms with Gasteiger partial charge in [0.2, 0.25) is 0 Å². The predicted octanol–water partition coefficient (Wildman–Crippen LogP) is 1.26. The van der Waals surface area contributed by atoms with Crippen molar-refractivity contribution >= 4 is 11.8 Å². The molecule has 0 fully saturated rings. The fraction of sp³-hybridized carbons (Fsp3) is 0.444. The van der Waals surface area contributed by atoms with E-state index >= 15 is 0 Å². The van der Waals surface area contributed by atoms with Crippen molar-refractivity contribution < 1.29 is 4.52 Å². The van der Waals surface area contributed by atoms with Crippen LogP contribution >= 0.6 is 11.8 Å². The smallest absolute Gasteiger partial charge is 0.343 e. The SMILES string of the molecule is CCCn1c(SCc2ccon2)n[nH]c1=O. The van der Waals surface area contributed by atoms with E-state index in [1.54, 1.807) is 10.6 Å². The van der Waals surface area contributed by atoms with E-state index in [0.717, 1.165) is 12.1 Å². The number of H-pyrrole nitrogens is 1. The quantitative estimate of drug-likeness (QED) is 0.796. The van der Waals surface area contributed by atoms with E-state index in [9.17, 15) is 4.79 Å². The molecule has 16 heavy (non-hydrogen) atoms. The van der Waals surface area contributed by atoms with Gasteiger partial charge in [0.25, 0.3) is 0 Å². The number of thioether (sulfide) groups is 1. The standard InChI is InChI=1S/C9H12N4O2S/c1-2-4-13-8(14)10-11-9(13)16-6-7-3-5-15-12-7/h3,5H,2,4,6H2,1H3,(H,10,14). The first kappa shape index (κ1) is 11.0. The number of nitrogens with one attached hydrogen (secondary N) is 1. The molecular weight excluding hydrogens is 228 g/mol. The number of aromatic amines is 1. The highest BCUT2D eigenvalue weighted by molar-refractivity contribution is 7.98. The highest BCUT2D eigenvalue weighted by Crippen LogP contribution is 2.18. The van der Waals surface area contributed by atoms with E-state index in [1.165, 1.54) is 18.0 Å².